The molecule has 8 heteroatoms. The largest absolute Gasteiger partial charge is 0.494 e. The van der Waals surface area contributed by atoms with Gasteiger partial charge in [-0.2, -0.15) is 0 Å². The van der Waals surface area contributed by atoms with E-state index in [9.17, 15) is 8.42 Å². The molecule has 0 aromatic heterocycles. The first-order chi connectivity index (χ1) is 9.83. The van der Waals surface area contributed by atoms with Gasteiger partial charge in [0.15, 0.2) is 0 Å². The molecule has 21 heavy (non-hydrogen) atoms. The second-order valence-electron chi connectivity index (χ2n) is 4.14. The van der Waals surface area contributed by atoms with Crippen LogP contribution in [0, 0.1) is 0 Å². The van der Waals surface area contributed by atoms with Crippen molar-refractivity contribution in [2.24, 2.45) is 0 Å². The zero-order valence-electron chi connectivity index (χ0n) is 10.9. The monoisotopic (exact) mass is 390 g/mol. The van der Waals surface area contributed by atoms with Gasteiger partial charge in [-0.1, -0.05) is 27.5 Å². The van der Waals surface area contributed by atoms with Crippen LogP contribution in [0.3, 0.4) is 0 Å². The SMILES string of the molecule is COc1cc(N)cc(Cl)c1NS(=O)(=O)c1ccc(Br)cc1. The standard InChI is InChI=1S/C13H12BrClN2O3S/c1-20-12-7-9(16)6-11(15)13(12)17-21(18,19)10-4-2-8(14)3-5-10/h2-7,17H,16H2,1H3. The lowest BCUT2D eigenvalue weighted by molar-refractivity contribution is 0.417. The average Bonchev–Trinajstić information content (AvgIpc) is 2.42. The molecule has 5 nitrogen and oxygen atoms in total. The number of ether oxygens (including phenoxy) is 1. The topological polar surface area (TPSA) is 81.4 Å². The van der Waals surface area contributed by atoms with E-state index in [0.717, 1.165) is 4.47 Å². The smallest absolute Gasteiger partial charge is 0.262 e. The first-order valence-electron chi connectivity index (χ1n) is 5.75. The molecule has 2 rings (SSSR count). The van der Waals surface area contributed by atoms with E-state index in [1.165, 1.54) is 31.4 Å². The van der Waals surface area contributed by atoms with Gasteiger partial charge in [0.05, 0.1) is 17.0 Å². The third-order valence-corrected chi connectivity index (χ3v) is 4.85. The van der Waals surface area contributed by atoms with Gasteiger partial charge in [0.25, 0.3) is 10.0 Å². The number of nitrogens with one attached hydrogen (secondary N) is 1. The summed E-state index contributed by atoms with van der Waals surface area (Å²) in [6, 6.07) is 9.16. The predicted molar refractivity (Wildman–Crippen MR) is 87.4 cm³/mol. The summed E-state index contributed by atoms with van der Waals surface area (Å²) >= 11 is 9.29. The third-order valence-electron chi connectivity index (χ3n) is 2.66. The highest BCUT2D eigenvalue weighted by Gasteiger charge is 2.19. The van der Waals surface area contributed by atoms with Crippen molar-refractivity contribution in [3.8, 4) is 5.75 Å². The van der Waals surface area contributed by atoms with Crippen LogP contribution in [-0.4, -0.2) is 15.5 Å². The molecule has 0 aliphatic heterocycles. The molecule has 0 unspecified atom stereocenters. The molecule has 0 atom stereocenters. The second-order valence-corrected chi connectivity index (χ2v) is 7.14. The molecule has 0 radical (unpaired) electrons. The van der Waals surface area contributed by atoms with Gasteiger partial charge in [-0.3, -0.25) is 4.72 Å². The summed E-state index contributed by atoms with van der Waals surface area (Å²) in [6.45, 7) is 0. The van der Waals surface area contributed by atoms with Crippen molar-refractivity contribution in [1.82, 2.24) is 0 Å². The predicted octanol–water partition coefficient (Wildman–Crippen LogP) is 3.49. The number of anilines is 2. The van der Waals surface area contributed by atoms with E-state index in [1.807, 2.05) is 0 Å². The summed E-state index contributed by atoms with van der Waals surface area (Å²) in [6.07, 6.45) is 0. The second kappa shape index (κ2) is 6.13. The Morgan fingerprint density at radius 1 is 1.24 bits per heavy atom. The Bertz CT molecular complexity index is 764. The number of nitrogens with two attached hydrogens (primary N) is 1. The molecular formula is C13H12BrClN2O3S. The van der Waals surface area contributed by atoms with Crippen LogP contribution in [0.4, 0.5) is 11.4 Å². The quantitative estimate of drug-likeness (QED) is 0.782. The van der Waals surface area contributed by atoms with Gasteiger partial charge in [0.1, 0.15) is 11.4 Å². The van der Waals surface area contributed by atoms with Crippen LogP contribution in [0.2, 0.25) is 5.02 Å². The maximum absolute atomic E-state index is 12.3. The van der Waals surface area contributed by atoms with Crippen molar-refractivity contribution in [2.45, 2.75) is 4.90 Å². The molecule has 0 spiro atoms. The summed E-state index contributed by atoms with van der Waals surface area (Å²) in [7, 11) is -2.37. The molecule has 0 bridgehead atoms. The molecule has 0 amide bonds. The Balaban J connectivity index is 2.44. The van der Waals surface area contributed by atoms with Crippen molar-refractivity contribution >= 4 is 48.9 Å². The average molecular weight is 392 g/mol. The van der Waals surface area contributed by atoms with Gasteiger partial charge in [-0.25, -0.2) is 8.42 Å². The van der Waals surface area contributed by atoms with E-state index < -0.39 is 10.0 Å². The van der Waals surface area contributed by atoms with Crippen molar-refractivity contribution in [3.63, 3.8) is 0 Å². The summed E-state index contributed by atoms with van der Waals surface area (Å²) in [5.41, 5.74) is 6.18. The molecular weight excluding hydrogens is 380 g/mol. The molecule has 0 saturated carbocycles. The minimum absolute atomic E-state index is 0.112. The van der Waals surface area contributed by atoms with Crippen molar-refractivity contribution in [3.05, 3.63) is 45.9 Å². The molecule has 112 valence electrons. The molecule has 2 aromatic carbocycles. The Labute approximate surface area is 136 Å². The van der Waals surface area contributed by atoms with Crippen LogP contribution in [0.25, 0.3) is 0 Å². The fourth-order valence-electron chi connectivity index (χ4n) is 1.67. The van der Waals surface area contributed by atoms with Crippen molar-refractivity contribution in [1.29, 1.82) is 0 Å². The molecule has 2 aromatic rings. The van der Waals surface area contributed by atoms with Crippen LogP contribution in [-0.2, 0) is 10.0 Å². The van der Waals surface area contributed by atoms with E-state index in [-0.39, 0.29) is 21.4 Å². The maximum atomic E-state index is 12.3. The first kappa shape index (κ1) is 15.9. The molecule has 0 aliphatic rings. The van der Waals surface area contributed by atoms with E-state index in [4.69, 9.17) is 22.1 Å². The van der Waals surface area contributed by atoms with Gasteiger partial charge < -0.3 is 10.5 Å². The number of methoxy groups -OCH3 is 1. The Hall–Kier alpha value is -1.44. The summed E-state index contributed by atoms with van der Waals surface area (Å²) in [5, 5.41) is 0.160. The fraction of sp³-hybridized carbons (Fsp3) is 0.0769. The number of sulfonamides is 1. The lowest BCUT2D eigenvalue weighted by atomic mass is 10.2. The van der Waals surface area contributed by atoms with Gasteiger partial charge in [0.2, 0.25) is 0 Å². The maximum Gasteiger partial charge on any atom is 0.262 e. The minimum atomic E-state index is -3.77. The Morgan fingerprint density at radius 3 is 2.43 bits per heavy atom. The van der Waals surface area contributed by atoms with E-state index in [0.29, 0.717) is 5.69 Å². The van der Waals surface area contributed by atoms with Crippen LogP contribution in [0.5, 0.6) is 5.75 Å². The van der Waals surface area contributed by atoms with Gasteiger partial charge in [-0.15, -0.1) is 0 Å². The summed E-state index contributed by atoms with van der Waals surface area (Å²) in [5.74, 6) is 0.251. The first-order valence-corrected chi connectivity index (χ1v) is 8.40. The summed E-state index contributed by atoms with van der Waals surface area (Å²) in [4.78, 5) is 0.112. The van der Waals surface area contributed by atoms with Crippen LogP contribution in [0.15, 0.2) is 45.8 Å². The van der Waals surface area contributed by atoms with Crippen LogP contribution < -0.4 is 15.2 Å². The minimum Gasteiger partial charge on any atom is -0.494 e. The zero-order valence-corrected chi connectivity index (χ0v) is 14.1. The highest BCUT2D eigenvalue weighted by molar-refractivity contribution is 9.10. The number of rotatable bonds is 4. The van der Waals surface area contributed by atoms with E-state index in [1.54, 1.807) is 12.1 Å². The fourth-order valence-corrected chi connectivity index (χ4v) is 3.35. The van der Waals surface area contributed by atoms with Gasteiger partial charge in [0, 0.05) is 16.2 Å². The van der Waals surface area contributed by atoms with Gasteiger partial charge in [-0.05, 0) is 30.3 Å². The van der Waals surface area contributed by atoms with Crippen molar-refractivity contribution < 1.29 is 13.2 Å². The third kappa shape index (κ3) is 3.61. The van der Waals surface area contributed by atoms with Gasteiger partial charge >= 0.3 is 0 Å². The van der Waals surface area contributed by atoms with Crippen molar-refractivity contribution in [2.75, 3.05) is 17.6 Å². The molecule has 0 aliphatic carbocycles. The highest BCUT2D eigenvalue weighted by atomic mass is 79.9. The zero-order chi connectivity index (χ0) is 15.6. The Kier molecular flexibility index (Phi) is 4.65. The van der Waals surface area contributed by atoms with E-state index >= 15 is 0 Å². The lowest BCUT2D eigenvalue weighted by Crippen LogP contribution is -2.14. The summed E-state index contributed by atoms with van der Waals surface area (Å²) < 4.78 is 33.0. The Morgan fingerprint density at radius 2 is 1.86 bits per heavy atom. The molecule has 0 saturated heterocycles. The molecule has 0 fully saturated rings. The van der Waals surface area contributed by atoms with Crippen LogP contribution in [0.1, 0.15) is 0 Å². The number of hydrogen-bond donors (Lipinski definition) is 2. The lowest BCUT2D eigenvalue weighted by Gasteiger charge is -2.14. The number of benzene rings is 2. The highest BCUT2D eigenvalue weighted by Crippen LogP contribution is 2.36. The molecule has 3 N–H and O–H groups in total. The number of halogens is 2. The normalized spacial score (nSPS) is 11.2. The van der Waals surface area contributed by atoms with Crippen LogP contribution >= 0.6 is 27.5 Å². The molecule has 0 heterocycles. The van der Waals surface area contributed by atoms with E-state index in [2.05, 4.69) is 20.7 Å². The number of nitrogen functional groups attached to an aromatic ring is 1. The number of hydrogen-bond acceptors (Lipinski definition) is 4.